The van der Waals surface area contributed by atoms with Gasteiger partial charge < -0.3 is 5.32 Å². The van der Waals surface area contributed by atoms with Gasteiger partial charge in [0.1, 0.15) is 6.04 Å². The fourth-order valence-electron chi connectivity index (χ4n) is 5.26. The number of anilines is 1. The van der Waals surface area contributed by atoms with E-state index in [0.717, 1.165) is 9.99 Å². The Morgan fingerprint density at radius 2 is 1.62 bits per heavy atom. The molecule has 1 aromatic carbocycles. The van der Waals surface area contributed by atoms with E-state index in [1.54, 1.807) is 6.92 Å². The van der Waals surface area contributed by atoms with Crippen molar-refractivity contribution in [2.75, 3.05) is 5.32 Å². The van der Waals surface area contributed by atoms with Crippen LogP contribution in [-0.4, -0.2) is 28.7 Å². The zero-order valence-corrected chi connectivity index (χ0v) is 16.4. The lowest BCUT2D eigenvalue weighted by Gasteiger charge is -2.37. The molecule has 1 heterocycles. The maximum atomic E-state index is 13.0. The maximum Gasteiger partial charge on any atom is 0.247 e. The van der Waals surface area contributed by atoms with Gasteiger partial charge in [-0.3, -0.25) is 19.3 Å². The van der Waals surface area contributed by atoms with Gasteiger partial charge in [-0.05, 0) is 83.9 Å². The summed E-state index contributed by atoms with van der Waals surface area (Å²) in [7, 11) is 0. The van der Waals surface area contributed by atoms with E-state index in [9.17, 15) is 14.4 Å². The van der Waals surface area contributed by atoms with Gasteiger partial charge in [-0.1, -0.05) is 12.2 Å². The van der Waals surface area contributed by atoms with Crippen molar-refractivity contribution in [2.45, 2.75) is 19.4 Å². The summed E-state index contributed by atoms with van der Waals surface area (Å²) in [6.07, 6.45) is 5.43. The van der Waals surface area contributed by atoms with Crippen LogP contribution in [0.2, 0.25) is 0 Å². The molecule has 134 valence electrons. The lowest BCUT2D eigenvalue weighted by Crippen LogP contribution is -2.46. The van der Waals surface area contributed by atoms with Crippen LogP contribution in [-0.2, 0) is 14.4 Å². The normalized spacial score (nSPS) is 37.4. The second-order valence-corrected chi connectivity index (χ2v) is 9.12. The first kappa shape index (κ1) is 16.5. The average Bonchev–Trinajstić information content (AvgIpc) is 3.41. The number of allylic oxidation sites excluding steroid dienone is 2. The number of halogens is 1. The van der Waals surface area contributed by atoms with E-state index in [4.69, 9.17) is 0 Å². The van der Waals surface area contributed by atoms with E-state index in [1.165, 1.54) is 4.90 Å². The molecule has 1 N–H and O–H groups in total. The lowest BCUT2D eigenvalue weighted by molar-refractivity contribution is -0.146. The number of nitrogens with zero attached hydrogens (tertiary/aromatic N) is 1. The molecule has 2 bridgehead atoms. The summed E-state index contributed by atoms with van der Waals surface area (Å²) in [4.78, 5) is 40.0. The maximum absolute atomic E-state index is 13.0. The van der Waals surface area contributed by atoms with E-state index >= 15 is 0 Å². The molecule has 7 atom stereocenters. The molecule has 1 aliphatic heterocycles. The Morgan fingerprint density at radius 1 is 1.08 bits per heavy atom. The molecule has 0 unspecified atom stereocenters. The molecule has 0 radical (unpaired) electrons. The topological polar surface area (TPSA) is 66.5 Å². The van der Waals surface area contributed by atoms with Crippen LogP contribution < -0.4 is 5.32 Å². The molecule has 2 saturated carbocycles. The third-order valence-electron chi connectivity index (χ3n) is 6.58. The first-order valence-corrected chi connectivity index (χ1v) is 10.2. The molecule has 26 heavy (non-hydrogen) atoms. The molecule has 6 rings (SSSR count). The second-order valence-electron chi connectivity index (χ2n) is 7.87. The summed E-state index contributed by atoms with van der Waals surface area (Å²) in [6.45, 7) is 1.64. The largest absolute Gasteiger partial charge is 0.324 e. The molecule has 3 fully saturated rings. The molecular weight excluding hydrogens is 443 g/mol. The molecule has 1 aromatic rings. The van der Waals surface area contributed by atoms with Crippen molar-refractivity contribution in [3.05, 3.63) is 40.0 Å². The Morgan fingerprint density at radius 3 is 2.15 bits per heavy atom. The highest BCUT2D eigenvalue weighted by atomic mass is 127. The number of carbonyl (C=O) groups excluding carboxylic acids is 3. The SMILES string of the molecule is C[C@@H](C(=O)Nc1ccc(I)cc1)N1C(=O)[C@@H]2[C@@H]3C=C[C@H]([C@H]4C[C@H]34)[C@@H]2C1=O. The quantitative estimate of drug-likeness (QED) is 0.427. The number of carbonyl (C=O) groups is 3. The Hall–Kier alpha value is -1.70. The van der Waals surface area contributed by atoms with Crippen LogP contribution in [0.15, 0.2) is 36.4 Å². The third kappa shape index (κ3) is 2.23. The number of amides is 3. The Labute approximate surface area is 165 Å². The van der Waals surface area contributed by atoms with Crippen LogP contribution in [0.3, 0.4) is 0 Å². The zero-order chi connectivity index (χ0) is 18.2. The standard InChI is InChI=1S/C20H19IN2O3/c1-9(18(24)22-11-4-2-10(21)3-5-11)23-19(25)16-12-6-7-13(15-8-14(12)15)17(16)20(23)26/h2-7,9,12-17H,8H2,1H3,(H,22,24)/t9-,12+,13+,14+,15+,16-,17+/m0/s1. The van der Waals surface area contributed by atoms with Crippen LogP contribution in [0.5, 0.6) is 0 Å². The van der Waals surface area contributed by atoms with E-state index in [1.807, 2.05) is 24.3 Å². The monoisotopic (exact) mass is 462 g/mol. The highest BCUT2D eigenvalue weighted by molar-refractivity contribution is 14.1. The first-order chi connectivity index (χ1) is 12.5. The Bertz CT molecular complexity index is 813. The summed E-state index contributed by atoms with van der Waals surface area (Å²) in [6, 6.07) is 6.64. The summed E-state index contributed by atoms with van der Waals surface area (Å²) in [5.74, 6) is 0.357. The number of rotatable bonds is 3. The van der Waals surface area contributed by atoms with Gasteiger partial charge in [0.05, 0.1) is 11.8 Å². The zero-order valence-electron chi connectivity index (χ0n) is 14.3. The predicted octanol–water partition coefficient (Wildman–Crippen LogP) is 2.67. The summed E-state index contributed by atoms with van der Waals surface area (Å²) >= 11 is 2.20. The smallest absolute Gasteiger partial charge is 0.247 e. The molecular formula is C20H19IN2O3. The van der Waals surface area contributed by atoms with E-state index in [-0.39, 0.29) is 41.4 Å². The van der Waals surface area contributed by atoms with Crippen LogP contribution >= 0.6 is 22.6 Å². The first-order valence-electron chi connectivity index (χ1n) is 9.09. The van der Waals surface area contributed by atoms with Crippen molar-refractivity contribution in [3.63, 3.8) is 0 Å². The minimum Gasteiger partial charge on any atom is -0.324 e. The molecule has 0 aromatic heterocycles. The number of hydrogen-bond acceptors (Lipinski definition) is 3. The van der Waals surface area contributed by atoms with E-state index in [2.05, 4.69) is 40.1 Å². The molecule has 5 aliphatic rings. The molecule has 5 nitrogen and oxygen atoms in total. The third-order valence-corrected chi connectivity index (χ3v) is 7.29. The molecule has 1 saturated heterocycles. The van der Waals surface area contributed by atoms with Crippen LogP contribution in [0.4, 0.5) is 5.69 Å². The summed E-state index contributed by atoms with van der Waals surface area (Å²) in [5, 5.41) is 2.82. The summed E-state index contributed by atoms with van der Waals surface area (Å²) in [5.41, 5.74) is 0.668. The second kappa shape index (κ2) is 5.65. The van der Waals surface area contributed by atoms with Crippen molar-refractivity contribution in [2.24, 2.45) is 35.5 Å². The van der Waals surface area contributed by atoms with Gasteiger partial charge in [-0.25, -0.2) is 0 Å². The van der Waals surface area contributed by atoms with Crippen LogP contribution in [0.1, 0.15) is 13.3 Å². The average molecular weight is 462 g/mol. The number of benzene rings is 1. The number of imide groups is 1. The Balaban J connectivity index is 1.37. The van der Waals surface area contributed by atoms with Crippen molar-refractivity contribution in [3.8, 4) is 0 Å². The fraction of sp³-hybridized carbons (Fsp3) is 0.450. The molecule has 3 amide bonds. The van der Waals surface area contributed by atoms with Gasteiger partial charge in [-0.2, -0.15) is 0 Å². The predicted molar refractivity (Wildman–Crippen MR) is 104 cm³/mol. The summed E-state index contributed by atoms with van der Waals surface area (Å²) < 4.78 is 1.07. The number of likely N-dealkylation sites (tertiary alicyclic amines) is 1. The van der Waals surface area contributed by atoms with Crippen molar-refractivity contribution < 1.29 is 14.4 Å². The minimum atomic E-state index is -0.796. The highest BCUT2D eigenvalue weighted by Gasteiger charge is 2.67. The van der Waals surface area contributed by atoms with Gasteiger partial charge in [0.25, 0.3) is 0 Å². The van der Waals surface area contributed by atoms with Crippen LogP contribution in [0, 0.1) is 39.1 Å². The highest BCUT2D eigenvalue weighted by Crippen LogP contribution is 2.65. The lowest BCUT2D eigenvalue weighted by atomic mass is 9.63. The van der Waals surface area contributed by atoms with Crippen LogP contribution in [0.25, 0.3) is 0 Å². The molecule has 4 aliphatic carbocycles. The van der Waals surface area contributed by atoms with Gasteiger partial charge in [-0.15, -0.1) is 0 Å². The Kier molecular flexibility index (Phi) is 3.58. The van der Waals surface area contributed by atoms with Gasteiger partial charge in [0.15, 0.2) is 0 Å². The molecule has 0 spiro atoms. The van der Waals surface area contributed by atoms with E-state index < -0.39 is 6.04 Å². The van der Waals surface area contributed by atoms with Crippen molar-refractivity contribution in [1.82, 2.24) is 4.90 Å². The fourth-order valence-corrected chi connectivity index (χ4v) is 5.62. The van der Waals surface area contributed by atoms with Gasteiger partial charge in [0.2, 0.25) is 17.7 Å². The van der Waals surface area contributed by atoms with Crippen molar-refractivity contribution in [1.29, 1.82) is 0 Å². The number of hydrogen-bond donors (Lipinski definition) is 1. The van der Waals surface area contributed by atoms with E-state index in [0.29, 0.717) is 17.5 Å². The van der Waals surface area contributed by atoms with Crippen molar-refractivity contribution >= 4 is 46.0 Å². The number of nitrogens with one attached hydrogen (secondary N) is 1. The molecule has 6 heteroatoms. The minimum absolute atomic E-state index is 0.157. The van der Waals surface area contributed by atoms with Gasteiger partial charge in [0, 0.05) is 9.26 Å². The van der Waals surface area contributed by atoms with Gasteiger partial charge >= 0.3 is 0 Å².